The third kappa shape index (κ3) is 4.53. The van der Waals surface area contributed by atoms with Crippen LogP contribution in [0.15, 0.2) is 59.6 Å². The molecule has 0 spiro atoms. The van der Waals surface area contributed by atoms with Crippen LogP contribution in [-0.2, 0) is 11.3 Å². The topological polar surface area (TPSA) is 77.0 Å². The average Bonchev–Trinajstić information content (AvgIpc) is 3.01. The van der Waals surface area contributed by atoms with Crippen LogP contribution in [0.1, 0.15) is 18.9 Å². The van der Waals surface area contributed by atoms with Gasteiger partial charge in [0.2, 0.25) is 5.91 Å². The molecule has 0 aromatic heterocycles. The zero-order valence-corrected chi connectivity index (χ0v) is 14.9. The fraction of sp³-hybridized carbons (Fsp3) is 0.300. The number of carbonyl (C=O) groups is 1. The molecule has 1 atom stereocenters. The predicted octanol–water partition coefficient (Wildman–Crippen LogP) is 2.25. The zero-order valence-electron chi connectivity index (χ0n) is 14.9. The summed E-state index contributed by atoms with van der Waals surface area (Å²) < 4.78 is 0. The number of aromatic hydroxyl groups is 1. The van der Waals surface area contributed by atoms with E-state index in [0.717, 1.165) is 17.8 Å². The van der Waals surface area contributed by atoms with E-state index < -0.39 is 0 Å². The van der Waals surface area contributed by atoms with Gasteiger partial charge in [0.1, 0.15) is 5.75 Å². The van der Waals surface area contributed by atoms with E-state index in [-0.39, 0.29) is 17.7 Å². The summed E-state index contributed by atoms with van der Waals surface area (Å²) in [6.45, 7) is 3.79. The number of benzene rings is 2. The molecule has 1 unspecified atom stereocenters. The van der Waals surface area contributed by atoms with Gasteiger partial charge in [-0.2, -0.15) is 0 Å². The van der Waals surface area contributed by atoms with Crippen LogP contribution in [0.5, 0.6) is 5.75 Å². The van der Waals surface area contributed by atoms with Crippen molar-refractivity contribution < 1.29 is 9.90 Å². The molecule has 1 aliphatic heterocycles. The maximum Gasteiger partial charge on any atom is 0.229 e. The lowest BCUT2D eigenvalue weighted by molar-refractivity contribution is -0.117. The SMILES string of the molecule is CCNC(=NCc1cccc(O)c1)NC1CC(=O)N(c2ccccc2)C1. The molecule has 1 saturated heterocycles. The van der Waals surface area contributed by atoms with Crippen molar-refractivity contribution in [3.8, 4) is 5.75 Å². The summed E-state index contributed by atoms with van der Waals surface area (Å²) in [4.78, 5) is 18.7. The minimum atomic E-state index is 0.00434. The highest BCUT2D eigenvalue weighted by Crippen LogP contribution is 2.21. The van der Waals surface area contributed by atoms with Crippen molar-refractivity contribution in [1.82, 2.24) is 10.6 Å². The number of hydrogen-bond donors (Lipinski definition) is 3. The molecule has 0 aliphatic carbocycles. The number of carbonyl (C=O) groups excluding carboxylic acids is 1. The van der Waals surface area contributed by atoms with Crippen molar-refractivity contribution >= 4 is 17.6 Å². The lowest BCUT2D eigenvalue weighted by Crippen LogP contribution is -2.44. The summed E-state index contributed by atoms with van der Waals surface area (Å²) in [6, 6.07) is 16.8. The van der Waals surface area contributed by atoms with Gasteiger partial charge in [-0.25, -0.2) is 4.99 Å². The number of para-hydroxylation sites is 1. The monoisotopic (exact) mass is 352 g/mol. The number of aliphatic imine (C=N–C) groups is 1. The average molecular weight is 352 g/mol. The number of nitrogens with zero attached hydrogens (tertiary/aromatic N) is 2. The van der Waals surface area contributed by atoms with Gasteiger partial charge in [0.25, 0.3) is 0 Å². The van der Waals surface area contributed by atoms with Crippen LogP contribution in [0.3, 0.4) is 0 Å². The number of nitrogens with one attached hydrogen (secondary N) is 2. The molecule has 3 N–H and O–H groups in total. The van der Waals surface area contributed by atoms with Gasteiger partial charge in [-0.05, 0) is 36.8 Å². The van der Waals surface area contributed by atoms with Crippen LogP contribution in [0.4, 0.5) is 5.69 Å². The van der Waals surface area contributed by atoms with Gasteiger partial charge < -0.3 is 20.6 Å². The Hall–Kier alpha value is -3.02. The van der Waals surface area contributed by atoms with Gasteiger partial charge in [0.05, 0.1) is 12.6 Å². The number of guanidine groups is 1. The van der Waals surface area contributed by atoms with Crippen LogP contribution < -0.4 is 15.5 Å². The maximum absolute atomic E-state index is 12.3. The fourth-order valence-corrected chi connectivity index (χ4v) is 3.00. The molecule has 26 heavy (non-hydrogen) atoms. The molecule has 1 heterocycles. The minimum Gasteiger partial charge on any atom is -0.508 e. The third-order valence-electron chi connectivity index (χ3n) is 4.21. The van der Waals surface area contributed by atoms with Crippen molar-refractivity contribution in [3.63, 3.8) is 0 Å². The van der Waals surface area contributed by atoms with E-state index in [1.54, 1.807) is 23.1 Å². The van der Waals surface area contributed by atoms with E-state index in [2.05, 4.69) is 15.6 Å². The van der Waals surface area contributed by atoms with Crippen LogP contribution in [0.25, 0.3) is 0 Å². The van der Waals surface area contributed by atoms with E-state index in [1.165, 1.54) is 0 Å². The van der Waals surface area contributed by atoms with Gasteiger partial charge in [-0.3, -0.25) is 4.79 Å². The van der Waals surface area contributed by atoms with Gasteiger partial charge >= 0.3 is 0 Å². The smallest absolute Gasteiger partial charge is 0.229 e. The molecule has 6 nitrogen and oxygen atoms in total. The van der Waals surface area contributed by atoms with E-state index in [4.69, 9.17) is 0 Å². The fourth-order valence-electron chi connectivity index (χ4n) is 3.00. The van der Waals surface area contributed by atoms with E-state index >= 15 is 0 Å². The molecule has 0 saturated carbocycles. The van der Waals surface area contributed by atoms with Gasteiger partial charge in [0, 0.05) is 25.2 Å². The Bertz CT molecular complexity index is 776. The highest BCUT2D eigenvalue weighted by atomic mass is 16.3. The van der Waals surface area contributed by atoms with Gasteiger partial charge in [-0.1, -0.05) is 30.3 Å². The summed E-state index contributed by atoms with van der Waals surface area (Å²) in [5, 5.41) is 16.1. The molecule has 136 valence electrons. The first-order valence-electron chi connectivity index (χ1n) is 8.84. The molecule has 0 bridgehead atoms. The summed E-state index contributed by atoms with van der Waals surface area (Å²) in [5.74, 6) is 1.01. The third-order valence-corrected chi connectivity index (χ3v) is 4.21. The largest absolute Gasteiger partial charge is 0.508 e. The Balaban J connectivity index is 1.64. The van der Waals surface area contributed by atoms with E-state index in [0.29, 0.717) is 25.5 Å². The van der Waals surface area contributed by atoms with Crippen LogP contribution in [0, 0.1) is 0 Å². The van der Waals surface area contributed by atoms with Crippen LogP contribution in [-0.4, -0.2) is 36.1 Å². The Morgan fingerprint density at radius 2 is 2.04 bits per heavy atom. The first-order valence-corrected chi connectivity index (χ1v) is 8.84. The minimum absolute atomic E-state index is 0.00434. The summed E-state index contributed by atoms with van der Waals surface area (Å²) >= 11 is 0. The molecule has 2 aromatic carbocycles. The normalized spacial score (nSPS) is 17.4. The molecule has 1 amide bonds. The molecule has 6 heteroatoms. The van der Waals surface area contributed by atoms with Crippen molar-refractivity contribution in [2.75, 3.05) is 18.0 Å². The van der Waals surface area contributed by atoms with Crippen molar-refractivity contribution in [3.05, 3.63) is 60.2 Å². The molecular weight excluding hydrogens is 328 g/mol. The maximum atomic E-state index is 12.3. The van der Waals surface area contributed by atoms with Gasteiger partial charge in [-0.15, -0.1) is 0 Å². The van der Waals surface area contributed by atoms with Gasteiger partial charge in [0.15, 0.2) is 5.96 Å². The zero-order chi connectivity index (χ0) is 18.4. The lowest BCUT2D eigenvalue weighted by atomic mass is 10.2. The molecule has 2 aromatic rings. The standard InChI is InChI=1S/C20H24N4O2/c1-2-21-20(22-13-15-7-6-10-18(25)11-15)23-16-12-19(26)24(14-16)17-8-4-3-5-9-17/h3-11,16,25H,2,12-14H2,1H3,(H2,21,22,23). The molecule has 3 rings (SSSR count). The second kappa shape index (κ2) is 8.38. The summed E-state index contributed by atoms with van der Waals surface area (Å²) in [5.41, 5.74) is 1.85. The lowest BCUT2D eigenvalue weighted by Gasteiger charge is -2.19. The number of amides is 1. The van der Waals surface area contributed by atoms with E-state index in [9.17, 15) is 9.90 Å². The molecule has 1 aliphatic rings. The predicted molar refractivity (Wildman–Crippen MR) is 103 cm³/mol. The summed E-state index contributed by atoms with van der Waals surface area (Å²) in [7, 11) is 0. The Morgan fingerprint density at radius 1 is 1.23 bits per heavy atom. The summed E-state index contributed by atoms with van der Waals surface area (Å²) in [6.07, 6.45) is 0.436. The highest BCUT2D eigenvalue weighted by molar-refractivity contribution is 5.97. The van der Waals surface area contributed by atoms with Crippen molar-refractivity contribution in [2.24, 2.45) is 4.99 Å². The van der Waals surface area contributed by atoms with Crippen LogP contribution in [0.2, 0.25) is 0 Å². The first kappa shape index (κ1) is 17.8. The molecule has 0 radical (unpaired) electrons. The second-order valence-corrected chi connectivity index (χ2v) is 6.25. The van der Waals surface area contributed by atoms with Crippen molar-refractivity contribution in [2.45, 2.75) is 25.9 Å². The highest BCUT2D eigenvalue weighted by Gasteiger charge is 2.30. The molecule has 1 fully saturated rings. The quantitative estimate of drug-likeness (QED) is 0.570. The Morgan fingerprint density at radius 3 is 2.77 bits per heavy atom. The number of phenols is 1. The first-order chi connectivity index (χ1) is 12.7. The number of anilines is 1. The number of phenolic OH excluding ortho intramolecular Hbond substituents is 1. The van der Waals surface area contributed by atoms with Crippen molar-refractivity contribution in [1.29, 1.82) is 0 Å². The van der Waals surface area contributed by atoms with Crippen LogP contribution >= 0.6 is 0 Å². The Labute approximate surface area is 153 Å². The Kier molecular flexibility index (Phi) is 5.73. The molecular formula is C20H24N4O2. The van der Waals surface area contributed by atoms with E-state index in [1.807, 2.05) is 43.3 Å². The number of hydrogen-bond acceptors (Lipinski definition) is 3. The second-order valence-electron chi connectivity index (χ2n) is 6.25. The number of rotatable bonds is 5.